The molecule has 16 heavy (non-hydrogen) atoms. The first-order chi connectivity index (χ1) is 7.74. The van der Waals surface area contributed by atoms with Crippen LogP contribution < -0.4 is 4.74 Å². The van der Waals surface area contributed by atoms with E-state index in [2.05, 4.69) is 4.98 Å². The lowest BCUT2D eigenvalue weighted by molar-refractivity contribution is -0.146. The summed E-state index contributed by atoms with van der Waals surface area (Å²) in [6.45, 7) is 4.28. The lowest BCUT2D eigenvalue weighted by Crippen LogP contribution is -2.15. The third-order valence-electron chi connectivity index (χ3n) is 2.06. The highest BCUT2D eigenvalue weighted by atomic mass is 16.6. The van der Waals surface area contributed by atoms with Gasteiger partial charge in [0.15, 0.2) is 6.61 Å². The Hall–Kier alpha value is -1.58. The molecule has 0 aromatic carbocycles. The highest BCUT2D eigenvalue weighted by molar-refractivity contribution is 5.71. The van der Waals surface area contributed by atoms with Gasteiger partial charge in [0.25, 0.3) is 0 Å². The highest BCUT2D eigenvalue weighted by Gasteiger charge is 2.05. The first-order valence-corrected chi connectivity index (χ1v) is 5.44. The van der Waals surface area contributed by atoms with Crippen molar-refractivity contribution in [3.8, 4) is 5.75 Å². The normalized spacial score (nSPS) is 9.88. The zero-order valence-electron chi connectivity index (χ0n) is 9.73. The lowest BCUT2D eigenvalue weighted by Gasteiger charge is -2.07. The van der Waals surface area contributed by atoms with Crippen LogP contribution in [0.25, 0.3) is 0 Å². The fraction of sp³-hybridized carbons (Fsp3) is 0.500. The molecular weight excluding hydrogens is 206 g/mol. The fourth-order valence-electron chi connectivity index (χ4n) is 1.13. The monoisotopic (exact) mass is 223 g/mol. The Kier molecular flexibility index (Phi) is 5.32. The number of carbonyl (C=O) groups is 1. The predicted molar refractivity (Wildman–Crippen MR) is 60.3 cm³/mol. The van der Waals surface area contributed by atoms with Crippen LogP contribution >= 0.6 is 0 Å². The quantitative estimate of drug-likeness (QED) is 0.547. The van der Waals surface area contributed by atoms with Crippen molar-refractivity contribution >= 4 is 5.97 Å². The number of hydrogen-bond donors (Lipinski definition) is 0. The van der Waals surface area contributed by atoms with E-state index in [9.17, 15) is 4.79 Å². The zero-order valence-corrected chi connectivity index (χ0v) is 9.73. The Morgan fingerprint density at radius 3 is 3.00 bits per heavy atom. The van der Waals surface area contributed by atoms with Crippen molar-refractivity contribution in [1.29, 1.82) is 0 Å². The Morgan fingerprint density at radius 2 is 2.31 bits per heavy atom. The summed E-state index contributed by atoms with van der Waals surface area (Å²) in [5, 5.41) is 0. The summed E-state index contributed by atoms with van der Waals surface area (Å²) in [5.41, 5.74) is 0.767. The molecule has 0 saturated carbocycles. The number of rotatable bonds is 6. The molecule has 0 fully saturated rings. The molecule has 0 aliphatic carbocycles. The van der Waals surface area contributed by atoms with Crippen LogP contribution in [-0.4, -0.2) is 24.2 Å². The standard InChI is InChI=1S/C12H17NO3/c1-3-4-8-15-12(14)9-16-11-6-5-7-13-10(11)2/h5-7H,3-4,8-9H2,1-2H3. The first kappa shape index (κ1) is 12.5. The summed E-state index contributed by atoms with van der Waals surface area (Å²) in [5.74, 6) is 0.284. The molecule has 0 atom stereocenters. The molecule has 0 spiro atoms. The van der Waals surface area contributed by atoms with Gasteiger partial charge in [-0.1, -0.05) is 13.3 Å². The van der Waals surface area contributed by atoms with E-state index in [1.165, 1.54) is 0 Å². The summed E-state index contributed by atoms with van der Waals surface area (Å²) < 4.78 is 10.3. The Morgan fingerprint density at radius 1 is 1.50 bits per heavy atom. The molecule has 0 radical (unpaired) electrons. The van der Waals surface area contributed by atoms with E-state index in [1.807, 2.05) is 13.8 Å². The molecule has 0 saturated heterocycles. The maximum Gasteiger partial charge on any atom is 0.344 e. The van der Waals surface area contributed by atoms with E-state index in [0.29, 0.717) is 12.4 Å². The SMILES string of the molecule is CCCCOC(=O)COc1cccnc1C. The molecule has 0 aliphatic rings. The fourth-order valence-corrected chi connectivity index (χ4v) is 1.13. The predicted octanol–water partition coefficient (Wildman–Crippen LogP) is 2.11. The van der Waals surface area contributed by atoms with E-state index < -0.39 is 0 Å². The lowest BCUT2D eigenvalue weighted by atomic mass is 10.3. The van der Waals surface area contributed by atoms with Crippen molar-refractivity contribution in [2.75, 3.05) is 13.2 Å². The molecule has 0 aliphatic heterocycles. The minimum atomic E-state index is -0.336. The number of hydrogen-bond acceptors (Lipinski definition) is 4. The smallest absolute Gasteiger partial charge is 0.344 e. The largest absolute Gasteiger partial charge is 0.480 e. The Bertz CT molecular complexity index is 339. The summed E-state index contributed by atoms with van der Waals surface area (Å²) in [7, 11) is 0. The topological polar surface area (TPSA) is 48.4 Å². The molecule has 1 heterocycles. The number of ether oxygens (including phenoxy) is 2. The number of esters is 1. The molecule has 0 amide bonds. The first-order valence-electron chi connectivity index (χ1n) is 5.44. The maximum atomic E-state index is 11.2. The third kappa shape index (κ3) is 4.29. The van der Waals surface area contributed by atoms with E-state index >= 15 is 0 Å². The Labute approximate surface area is 95.6 Å². The molecular formula is C12H17NO3. The van der Waals surface area contributed by atoms with Gasteiger partial charge in [0.2, 0.25) is 0 Å². The van der Waals surface area contributed by atoms with Crippen LogP contribution in [0.1, 0.15) is 25.5 Å². The van der Waals surface area contributed by atoms with Crippen molar-refractivity contribution < 1.29 is 14.3 Å². The van der Waals surface area contributed by atoms with E-state index in [0.717, 1.165) is 18.5 Å². The number of aromatic nitrogens is 1. The molecule has 1 aromatic heterocycles. The third-order valence-corrected chi connectivity index (χ3v) is 2.06. The second-order valence-electron chi connectivity index (χ2n) is 3.45. The Balaban J connectivity index is 2.29. The van der Waals surface area contributed by atoms with Crippen molar-refractivity contribution in [2.45, 2.75) is 26.7 Å². The van der Waals surface area contributed by atoms with Crippen molar-refractivity contribution in [3.63, 3.8) is 0 Å². The van der Waals surface area contributed by atoms with E-state index in [-0.39, 0.29) is 12.6 Å². The van der Waals surface area contributed by atoms with Gasteiger partial charge >= 0.3 is 5.97 Å². The molecule has 88 valence electrons. The summed E-state index contributed by atoms with van der Waals surface area (Å²) in [6, 6.07) is 3.55. The second-order valence-corrected chi connectivity index (χ2v) is 3.45. The molecule has 0 unspecified atom stereocenters. The minimum absolute atomic E-state index is 0.0593. The van der Waals surface area contributed by atoms with Gasteiger partial charge < -0.3 is 9.47 Å². The molecule has 4 nitrogen and oxygen atoms in total. The molecule has 0 N–H and O–H groups in total. The summed E-state index contributed by atoms with van der Waals surface area (Å²) >= 11 is 0. The summed E-state index contributed by atoms with van der Waals surface area (Å²) in [4.78, 5) is 15.3. The van der Waals surface area contributed by atoms with Crippen LogP contribution in [0.2, 0.25) is 0 Å². The van der Waals surface area contributed by atoms with Crippen LogP contribution in [0.3, 0.4) is 0 Å². The summed E-state index contributed by atoms with van der Waals surface area (Å²) in [6.07, 6.45) is 3.58. The highest BCUT2D eigenvalue weighted by Crippen LogP contribution is 2.13. The van der Waals surface area contributed by atoms with Crippen molar-refractivity contribution in [2.24, 2.45) is 0 Å². The van der Waals surface area contributed by atoms with Gasteiger partial charge in [0.05, 0.1) is 12.3 Å². The number of pyridine rings is 1. The average Bonchev–Trinajstić information content (AvgIpc) is 2.28. The average molecular weight is 223 g/mol. The van der Waals surface area contributed by atoms with Gasteiger partial charge in [-0.15, -0.1) is 0 Å². The van der Waals surface area contributed by atoms with E-state index in [4.69, 9.17) is 9.47 Å². The maximum absolute atomic E-state index is 11.2. The van der Waals surface area contributed by atoms with Crippen molar-refractivity contribution in [1.82, 2.24) is 4.98 Å². The zero-order chi connectivity index (χ0) is 11.8. The van der Waals surface area contributed by atoms with Gasteiger partial charge in [-0.25, -0.2) is 4.79 Å². The van der Waals surface area contributed by atoms with Crippen LogP contribution in [0.5, 0.6) is 5.75 Å². The number of aryl methyl sites for hydroxylation is 1. The van der Waals surface area contributed by atoms with Crippen LogP contribution in [0, 0.1) is 6.92 Å². The number of carbonyl (C=O) groups excluding carboxylic acids is 1. The van der Waals surface area contributed by atoms with Gasteiger partial charge in [-0.05, 0) is 25.5 Å². The molecule has 0 bridgehead atoms. The molecule has 4 heteroatoms. The van der Waals surface area contributed by atoms with Crippen LogP contribution in [-0.2, 0) is 9.53 Å². The van der Waals surface area contributed by atoms with Gasteiger partial charge in [0, 0.05) is 6.20 Å². The minimum Gasteiger partial charge on any atom is -0.480 e. The number of nitrogens with zero attached hydrogens (tertiary/aromatic N) is 1. The van der Waals surface area contributed by atoms with E-state index in [1.54, 1.807) is 18.3 Å². The second kappa shape index (κ2) is 6.82. The van der Waals surface area contributed by atoms with Gasteiger partial charge in [-0.2, -0.15) is 0 Å². The number of unbranched alkanes of at least 4 members (excludes halogenated alkanes) is 1. The van der Waals surface area contributed by atoms with Gasteiger partial charge in [-0.3, -0.25) is 4.98 Å². The molecule has 1 aromatic rings. The van der Waals surface area contributed by atoms with Crippen LogP contribution in [0.4, 0.5) is 0 Å². The van der Waals surface area contributed by atoms with Crippen LogP contribution in [0.15, 0.2) is 18.3 Å². The molecule has 1 rings (SSSR count). The van der Waals surface area contributed by atoms with Crippen molar-refractivity contribution in [3.05, 3.63) is 24.0 Å². The van der Waals surface area contributed by atoms with Gasteiger partial charge in [0.1, 0.15) is 5.75 Å².